The van der Waals surface area contributed by atoms with E-state index in [-0.39, 0.29) is 17.6 Å². The molecule has 0 atom stereocenters. The van der Waals surface area contributed by atoms with Crippen LogP contribution in [0.4, 0.5) is 15.3 Å². The van der Waals surface area contributed by atoms with Crippen LogP contribution in [0.2, 0.25) is 0 Å². The first-order chi connectivity index (χ1) is 17.6. The molecule has 0 aliphatic carbocycles. The van der Waals surface area contributed by atoms with Gasteiger partial charge in [-0.15, -0.1) is 0 Å². The van der Waals surface area contributed by atoms with Crippen LogP contribution in [0.25, 0.3) is 5.69 Å². The average Bonchev–Trinajstić information content (AvgIpc) is 3.26. The Morgan fingerprint density at radius 2 is 1.92 bits per heavy atom. The number of nitrogens with one attached hydrogen (secondary N) is 1. The summed E-state index contributed by atoms with van der Waals surface area (Å²) < 4.78 is 14.2. The minimum atomic E-state index is -0.565. The molecule has 196 valence electrons. The molecule has 3 aromatic rings. The lowest BCUT2D eigenvalue weighted by molar-refractivity contribution is 0.00794. The third kappa shape index (κ3) is 7.18. The molecule has 11 heteroatoms. The third-order valence-corrected chi connectivity index (χ3v) is 5.75. The number of nitrogens with zero attached hydrogens (tertiary/aromatic N) is 5. The van der Waals surface area contributed by atoms with E-state index in [4.69, 9.17) is 9.47 Å². The second-order valence-corrected chi connectivity index (χ2v) is 10.0. The number of rotatable bonds is 5. The van der Waals surface area contributed by atoms with Crippen LogP contribution in [0.5, 0.6) is 0 Å². The van der Waals surface area contributed by atoms with E-state index in [1.54, 1.807) is 51.1 Å². The van der Waals surface area contributed by atoms with Crippen molar-refractivity contribution in [2.75, 3.05) is 18.4 Å². The van der Waals surface area contributed by atoms with Crippen molar-refractivity contribution in [3.05, 3.63) is 70.4 Å². The number of hydrogen-bond acceptors (Lipinski definition) is 7. The SMILES string of the molecule is Cn1cc(-n2ccc(=O)c(Cc3cccc(NC(=O)OC4CCN(C(=O)OC(C)(C)C)CC4)c3)n2)cn1. The van der Waals surface area contributed by atoms with Crippen molar-refractivity contribution in [3.63, 3.8) is 0 Å². The lowest BCUT2D eigenvalue weighted by Gasteiger charge is -2.33. The second-order valence-electron chi connectivity index (χ2n) is 10.0. The number of ether oxygens (including phenoxy) is 2. The topological polar surface area (TPSA) is 121 Å². The number of piperidine rings is 1. The van der Waals surface area contributed by atoms with Crippen molar-refractivity contribution in [2.45, 2.75) is 51.7 Å². The zero-order valence-corrected chi connectivity index (χ0v) is 21.5. The molecule has 1 aromatic carbocycles. The minimum Gasteiger partial charge on any atom is -0.446 e. The summed E-state index contributed by atoms with van der Waals surface area (Å²) in [5.74, 6) is 0. The predicted molar refractivity (Wildman–Crippen MR) is 137 cm³/mol. The summed E-state index contributed by atoms with van der Waals surface area (Å²) in [6.07, 6.45) is 5.24. The highest BCUT2D eigenvalue weighted by molar-refractivity contribution is 5.84. The fourth-order valence-electron chi connectivity index (χ4n) is 3.97. The van der Waals surface area contributed by atoms with E-state index in [0.29, 0.717) is 43.7 Å². The summed E-state index contributed by atoms with van der Waals surface area (Å²) in [5, 5.41) is 11.3. The van der Waals surface area contributed by atoms with Gasteiger partial charge in [0.2, 0.25) is 5.43 Å². The summed E-state index contributed by atoms with van der Waals surface area (Å²) in [5.41, 5.74) is 1.78. The number of aryl methyl sites for hydroxylation is 1. The third-order valence-electron chi connectivity index (χ3n) is 5.75. The molecular weight excluding hydrogens is 476 g/mol. The van der Waals surface area contributed by atoms with Crippen LogP contribution >= 0.6 is 0 Å². The van der Waals surface area contributed by atoms with E-state index < -0.39 is 11.7 Å². The highest BCUT2D eigenvalue weighted by atomic mass is 16.6. The lowest BCUT2D eigenvalue weighted by atomic mass is 10.1. The van der Waals surface area contributed by atoms with Crippen molar-refractivity contribution in [1.29, 1.82) is 0 Å². The molecule has 0 radical (unpaired) electrons. The van der Waals surface area contributed by atoms with Crippen molar-refractivity contribution in [3.8, 4) is 5.69 Å². The Bertz CT molecular complexity index is 1320. The fourth-order valence-corrected chi connectivity index (χ4v) is 3.97. The molecule has 2 aromatic heterocycles. The molecule has 11 nitrogen and oxygen atoms in total. The van der Waals surface area contributed by atoms with Gasteiger partial charge in [-0.1, -0.05) is 12.1 Å². The highest BCUT2D eigenvalue weighted by Gasteiger charge is 2.28. The standard InChI is InChI=1S/C26H32N6O5/c1-26(2,3)37-25(35)31-11-8-21(9-12-31)36-24(34)28-19-7-5-6-18(14-19)15-22-23(33)10-13-32(29-22)20-16-27-30(4)17-20/h5-7,10,13-14,16-17,21H,8-9,11-12,15H2,1-4H3,(H,28,34). The van der Waals surface area contributed by atoms with Crippen molar-refractivity contribution in [1.82, 2.24) is 24.5 Å². The minimum absolute atomic E-state index is 0.171. The first-order valence-corrected chi connectivity index (χ1v) is 12.2. The maximum atomic E-state index is 12.5. The van der Waals surface area contributed by atoms with Gasteiger partial charge in [0, 0.05) is 57.4 Å². The molecule has 0 bridgehead atoms. The molecule has 1 fully saturated rings. The van der Waals surface area contributed by atoms with Gasteiger partial charge in [-0.2, -0.15) is 10.2 Å². The normalized spacial score (nSPS) is 14.3. The number of carbonyl (C=O) groups excluding carboxylic acids is 2. The van der Waals surface area contributed by atoms with Crippen molar-refractivity contribution >= 4 is 17.9 Å². The number of likely N-dealkylation sites (tertiary alicyclic amines) is 1. The van der Waals surface area contributed by atoms with E-state index in [1.165, 1.54) is 6.07 Å². The van der Waals surface area contributed by atoms with E-state index in [2.05, 4.69) is 15.5 Å². The molecule has 37 heavy (non-hydrogen) atoms. The molecule has 0 saturated carbocycles. The maximum Gasteiger partial charge on any atom is 0.411 e. The van der Waals surface area contributed by atoms with Crippen LogP contribution in [0.15, 0.2) is 53.7 Å². The Labute approximate surface area is 215 Å². The van der Waals surface area contributed by atoms with Gasteiger partial charge >= 0.3 is 12.2 Å². The van der Waals surface area contributed by atoms with Gasteiger partial charge < -0.3 is 14.4 Å². The van der Waals surface area contributed by atoms with Crippen LogP contribution in [-0.2, 0) is 22.9 Å². The summed E-state index contributed by atoms with van der Waals surface area (Å²) in [6.45, 7) is 6.41. The molecular formula is C26H32N6O5. The molecule has 1 aliphatic heterocycles. The Morgan fingerprint density at radius 1 is 1.16 bits per heavy atom. The lowest BCUT2D eigenvalue weighted by Crippen LogP contribution is -2.44. The van der Waals surface area contributed by atoms with Crippen LogP contribution in [-0.4, -0.2) is 61.4 Å². The van der Waals surface area contributed by atoms with Gasteiger partial charge in [-0.3, -0.25) is 14.8 Å². The van der Waals surface area contributed by atoms with Gasteiger partial charge in [0.1, 0.15) is 23.1 Å². The Hall–Kier alpha value is -4.15. The van der Waals surface area contributed by atoms with Crippen LogP contribution in [0.3, 0.4) is 0 Å². The van der Waals surface area contributed by atoms with E-state index >= 15 is 0 Å². The maximum absolute atomic E-state index is 12.5. The van der Waals surface area contributed by atoms with Crippen LogP contribution in [0, 0.1) is 0 Å². The van der Waals surface area contributed by atoms with Crippen LogP contribution in [0.1, 0.15) is 44.9 Å². The number of anilines is 1. The number of aromatic nitrogens is 4. The largest absolute Gasteiger partial charge is 0.446 e. The van der Waals surface area contributed by atoms with Gasteiger partial charge in [0.05, 0.1) is 12.4 Å². The highest BCUT2D eigenvalue weighted by Crippen LogP contribution is 2.19. The smallest absolute Gasteiger partial charge is 0.411 e. The zero-order valence-electron chi connectivity index (χ0n) is 21.5. The summed E-state index contributed by atoms with van der Waals surface area (Å²) in [6, 6.07) is 8.68. The molecule has 1 N–H and O–H groups in total. The molecule has 1 saturated heterocycles. The zero-order chi connectivity index (χ0) is 26.6. The summed E-state index contributed by atoms with van der Waals surface area (Å²) in [7, 11) is 1.81. The van der Waals surface area contributed by atoms with E-state index in [9.17, 15) is 14.4 Å². The Morgan fingerprint density at radius 3 is 2.59 bits per heavy atom. The summed E-state index contributed by atoms with van der Waals surface area (Å²) >= 11 is 0. The molecule has 4 rings (SSSR count). The molecule has 0 spiro atoms. The van der Waals surface area contributed by atoms with Gasteiger partial charge in [-0.25, -0.2) is 14.3 Å². The molecule has 1 aliphatic rings. The predicted octanol–water partition coefficient (Wildman–Crippen LogP) is 3.50. The quantitative estimate of drug-likeness (QED) is 0.560. The van der Waals surface area contributed by atoms with E-state index in [1.807, 2.05) is 33.9 Å². The Kier molecular flexibility index (Phi) is 7.61. The number of amides is 2. The molecule has 0 unspecified atom stereocenters. The monoisotopic (exact) mass is 508 g/mol. The van der Waals surface area contributed by atoms with Crippen LogP contribution < -0.4 is 10.7 Å². The second kappa shape index (κ2) is 10.9. The van der Waals surface area contributed by atoms with Gasteiger partial charge in [-0.05, 0) is 38.5 Å². The number of carbonyl (C=O) groups is 2. The summed E-state index contributed by atoms with van der Waals surface area (Å²) in [4.78, 5) is 38.8. The van der Waals surface area contributed by atoms with Gasteiger partial charge in [0.25, 0.3) is 0 Å². The van der Waals surface area contributed by atoms with E-state index in [0.717, 1.165) is 11.3 Å². The molecule has 3 heterocycles. The fraction of sp³-hybridized carbons (Fsp3) is 0.423. The Balaban J connectivity index is 1.32. The van der Waals surface area contributed by atoms with Crippen molar-refractivity contribution < 1.29 is 19.1 Å². The van der Waals surface area contributed by atoms with Gasteiger partial charge in [0.15, 0.2) is 0 Å². The number of benzene rings is 1. The molecule has 2 amide bonds. The first kappa shape index (κ1) is 25.9. The number of hydrogen-bond donors (Lipinski definition) is 1. The van der Waals surface area contributed by atoms with Crippen molar-refractivity contribution in [2.24, 2.45) is 7.05 Å². The average molecular weight is 509 g/mol. The first-order valence-electron chi connectivity index (χ1n) is 12.2.